The molecule has 1 aliphatic heterocycles. The van der Waals surface area contributed by atoms with E-state index in [1.807, 2.05) is 0 Å². The van der Waals surface area contributed by atoms with Gasteiger partial charge in [0.2, 0.25) is 0 Å². The van der Waals surface area contributed by atoms with E-state index >= 15 is 0 Å². The number of β-amino-alcohol motifs (C(OH)–C–C–N with tert-alkyl or cyclic N) is 1. The Labute approximate surface area is 69.0 Å². The van der Waals surface area contributed by atoms with Gasteiger partial charge >= 0.3 is 6.18 Å². The lowest BCUT2D eigenvalue weighted by Crippen LogP contribution is -2.42. The highest BCUT2D eigenvalue weighted by atomic mass is 19.4. The number of rotatable bonds is 2. The number of halogens is 3. The Hall–Kier alpha value is -0.290. The Kier molecular flexibility index (Phi) is 2.95. The fraction of sp³-hybridized carbons (Fsp3) is 1.00. The summed E-state index contributed by atoms with van der Waals surface area (Å²) in [5.41, 5.74) is 0. The van der Waals surface area contributed by atoms with Gasteiger partial charge in [0, 0.05) is 6.54 Å². The summed E-state index contributed by atoms with van der Waals surface area (Å²) in [6, 6.07) is -1.33. The van der Waals surface area contributed by atoms with E-state index in [1.165, 1.54) is 4.90 Å². The summed E-state index contributed by atoms with van der Waals surface area (Å²) in [6.45, 7) is 0.376. The van der Waals surface area contributed by atoms with E-state index in [9.17, 15) is 13.2 Å². The van der Waals surface area contributed by atoms with Gasteiger partial charge < -0.3 is 5.11 Å². The topological polar surface area (TPSA) is 23.5 Å². The molecule has 0 saturated carbocycles. The maximum absolute atomic E-state index is 12.2. The van der Waals surface area contributed by atoms with Crippen LogP contribution in [0.1, 0.15) is 12.8 Å². The molecule has 0 amide bonds. The number of hydrogen-bond donors (Lipinski definition) is 1. The monoisotopic (exact) mass is 183 g/mol. The summed E-state index contributed by atoms with van der Waals surface area (Å²) in [4.78, 5) is 1.29. The molecule has 2 nitrogen and oxygen atoms in total. The van der Waals surface area contributed by atoms with Crippen LogP contribution in [0.5, 0.6) is 0 Å². The molecular weight excluding hydrogens is 171 g/mol. The van der Waals surface area contributed by atoms with Crippen molar-refractivity contribution in [2.75, 3.05) is 19.7 Å². The quantitative estimate of drug-likeness (QED) is 0.690. The fourth-order valence-electron chi connectivity index (χ4n) is 1.59. The van der Waals surface area contributed by atoms with E-state index in [2.05, 4.69) is 0 Å². The van der Waals surface area contributed by atoms with Gasteiger partial charge in [-0.25, -0.2) is 0 Å². The van der Waals surface area contributed by atoms with Crippen LogP contribution in [-0.4, -0.2) is 41.9 Å². The Bertz CT molecular complexity index is 148. The molecule has 12 heavy (non-hydrogen) atoms. The number of nitrogens with zero attached hydrogens (tertiary/aromatic N) is 1. The summed E-state index contributed by atoms with van der Waals surface area (Å²) in [6.07, 6.45) is -3.39. The van der Waals surface area contributed by atoms with Crippen molar-refractivity contribution in [2.24, 2.45) is 0 Å². The predicted molar refractivity (Wildman–Crippen MR) is 37.7 cm³/mol. The van der Waals surface area contributed by atoms with E-state index in [-0.39, 0.29) is 19.6 Å². The standard InChI is InChI=1S/C7H12F3NO/c8-7(9,10)6-2-1-3-11(6)4-5-12/h6,12H,1-5H2. The second-order valence-electron chi connectivity index (χ2n) is 2.96. The van der Waals surface area contributed by atoms with Gasteiger partial charge in [0.25, 0.3) is 0 Å². The summed E-state index contributed by atoms with van der Waals surface area (Å²) in [7, 11) is 0. The SMILES string of the molecule is OCCN1CCCC1C(F)(F)F. The summed E-state index contributed by atoms with van der Waals surface area (Å²) >= 11 is 0. The van der Waals surface area contributed by atoms with Crippen LogP contribution in [-0.2, 0) is 0 Å². The molecule has 5 heteroatoms. The Morgan fingerprint density at radius 3 is 2.58 bits per heavy atom. The zero-order valence-electron chi connectivity index (χ0n) is 6.64. The minimum atomic E-state index is -4.13. The van der Waals surface area contributed by atoms with E-state index in [4.69, 9.17) is 5.11 Å². The molecule has 0 spiro atoms. The first-order valence-corrected chi connectivity index (χ1v) is 3.97. The smallest absolute Gasteiger partial charge is 0.395 e. The van der Waals surface area contributed by atoms with Crippen molar-refractivity contribution in [3.05, 3.63) is 0 Å². The number of alkyl halides is 3. The fourth-order valence-corrected chi connectivity index (χ4v) is 1.59. The van der Waals surface area contributed by atoms with Crippen molar-refractivity contribution < 1.29 is 18.3 Å². The zero-order chi connectivity index (χ0) is 9.19. The second-order valence-corrected chi connectivity index (χ2v) is 2.96. The zero-order valence-corrected chi connectivity index (χ0v) is 6.64. The van der Waals surface area contributed by atoms with Gasteiger partial charge in [0.05, 0.1) is 6.61 Å². The molecule has 0 aliphatic carbocycles. The molecule has 0 aromatic rings. The van der Waals surface area contributed by atoms with E-state index in [1.54, 1.807) is 0 Å². The average Bonchev–Trinajstić information content (AvgIpc) is 2.34. The summed E-state index contributed by atoms with van der Waals surface area (Å²) in [5.74, 6) is 0. The number of aliphatic hydroxyl groups excluding tert-OH is 1. The summed E-state index contributed by atoms with van der Waals surface area (Å²) < 4.78 is 36.6. The highest BCUT2D eigenvalue weighted by Crippen LogP contribution is 2.31. The first-order valence-electron chi connectivity index (χ1n) is 3.97. The van der Waals surface area contributed by atoms with Crippen LogP contribution in [0.4, 0.5) is 13.2 Å². The molecule has 72 valence electrons. The third kappa shape index (κ3) is 2.10. The van der Waals surface area contributed by atoms with Gasteiger partial charge in [-0.05, 0) is 19.4 Å². The van der Waals surface area contributed by atoms with E-state index in [0.29, 0.717) is 13.0 Å². The minimum Gasteiger partial charge on any atom is -0.395 e. The molecule has 1 atom stereocenters. The highest BCUT2D eigenvalue weighted by molar-refractivity contribution is 4.84. The largest absolute Gasteiger partial charge is 0.404 e. The van der Waals surface area contributed by atoms with E-state index in [0.717, 1.165) is 0 Å². The maximum atomic E-state index is 12.2. The van der Waals surface area contributed by atoms with Crippen LogP contribution in [0.3, 0.4) is 0 Å². The van der Waals surface area contributed by atoms with Crippen LogP contribution in [0, 0.1) is 0 Å². The molecule has 1 unspecified atom stereocenters. The van der Waals surface area contributed by atoms with Crippen LogP contribution < -0.4 is 0 Å². The molecule has 0 aromatic carbocycles. The van der Waals surface area contributed by atoms with Gasteiger partial charge in [-0.15, -0.1) is 0 Å². The molecule has 1 aliphatic rings. The van der Waals surface area contributed by atoms with Crippen molar-refractivity contribution in [3.8, 4) is 0 Å². The Morgan fingerprint density at radius 1 is 1.42 bits per heavy atom. The third-order valence-corrected chi connectivity index (χ3v) is 2.13. The van der Waals surface area contributed by atoms with Crippen LogP contribution in [0.15, 0.2) is 0 Å². The maximum Gasteiger partial charge on any atom is 0.404 e. The summed E-state index contributed by atoms with van der Waals surface area (Å²) in [5, 5.41) is 8.50. The molecule has 1 heterocycles. The first-order chi connectivity index (χ1) is 5.55. The molecule has 1 N–H and O–H groups in total. The highest BCUT2D eigenvalue weighted by Gasteiger charge is 2.45. The number of aliphatic hydroxyl groups is 1. The van der Waals surface area contributed by atoms with Gasteiger partial charge in [-0.2, -0.15) is 13.2 Å². The van der Waals surface area contributed by atoms with Crippen LogP contribution in [0.2, 0.25) is 0 Å². The molecule has 1 saturated heterocycles. The van der Waals surface area contributed by atoms with Crippen molar-refractivity contribution in [1.82, 2.24) is 4.90 Å². The number of hydrogen-bond acceptors (Lipinski definition) is 2. The number of likely N-dealkylation sites (tertiary alicyclic amines) is 1. The van der Waals surface area contributed by atoms with Crippen molar-refractivity contribution in [3.63, 3.8) is 0 Å². The minimum absolute atomic E-state index is 0.129. The second kappa shape index (κ2) is 3.62. The van der Waals surface area contributed by atoms with E-state index < -0.39 is 12.2 Å². The average molecular weight is 183 g/mol. The Balaban J connectivity index is 2.52. The van der Waals surface area contributed by atoms with Crippen LogP contribution >= 0.6 is 0 Å². The van der Waals surface area contributed by atoms with Crippen molar-refractivity contribution >= 4 is 0 Å². The molecular formula is C7H12F3NO. The lowest BCUT2D eigenvalue weighted by molar-refractivity contribution is -0.176. The lowest BCUT2D eigenvalue weighted by atomic mass is 10.2. The van der Waals surface area contributed by atoms with Gasteiger partial charge in [0.15, 0.2) is 0 Å². The molecule has 0 aromatic heterocycles. The Morgan fingerprint density at radius 2 is 2.08 bits per heavy atom. The van der Waals surface area contributed by atoms with Gasteiger partial charge in [-0.3, -0.25) is 4.90 Å². The van der Waals surface area contributed by atoms with Gasteiger partial charge in [-0.1, -0.05) is 0 Å². The van der Waals surface area contributed by atoms with Gasteiger partial charge in [0.1, 0.15) is 6.04 Å². The molecule has 0 radical (unpaired) electrons. The van der Waals surface area contributed by atoms with Crippen LogP contribution in [0.25, 0.3) is 0 Å². The molecule has 0 bridgehead atoms. The predicted octanol–water partition coefficient (Wildman–Crippen LogP) is 1.01. The molecule has 1 rings (SSSR count). The lowest BCUT2D eigenvalue weighted by Gasteiger charge is -2.25. The first kappa shape index (κ1) is 9.80. The molecule has 1 fully saturated rings. The normalized spacial score (nSPS) is 26.5. The van der Waals surface area contributed by atoms with Crippen molar-refractivity contribution in [1.29, 1.82) is 0 Å². The van der Waals surface area contributed by atoms with Crippen molar-refractivity contribution in [2.45, 2.75) is 25.1 Å². The third-order valence-electron chi connectivity index (χ3n) is 2.13.